The van der Waals surface area contributed by atoms with Crippen molar-refractivity contribution in [3.05, 3.63) is 0 Å². The Morgan fingerprint density at radius 3 is 2.24 bits per heavy atom. The molecule has 0 aromatic rings. The molecule has 1 amide bonds. The number of nitrogens with one attached hydrogen (secondary N) is 1. The van der Waals surface area contributed by atoms with Crippen molar-refractivity contribution in [3.8, 4) is 0 Å². The first-order chi connectivity index (χ1) is 9.85. The molecular weight excluding hydrogens is 268 g/mol. The monoisotopic (exact) mass is 300 g/mol. The van der Waals surface area contributed by atoms with Crippen molar-refractivity contribution in [2.24, 2.45) is 11.8 Å². The molecule has 0 aromatic heterocycles. The van der Waals surface area contributed by atoms with E-state index in [0.29, 0.717) is 6.42 Å². The van der Waals surface area contributed by atoms with E-state index in [1.807, 2.05) is 20.9 Å². The van der Waals surface area contributed by atoms with Crippen molar-refractivity contribution in [1.29, 1.82) is 0 Å². The van der Waals surface area contributed by atoms with Gasteiger partial charge in [-0.25, -0.2) is 0 Å². The van der Waals surface area contributed by atoms with Crippen molar-refractivity contribution in [2.45, 2.75) is 58.7 Å². The van der Waals surface area contributed by atoms with Gasteiger partial charge in [-0.15, -0.1) is 0 Å². The molecule has 0 aliphatic heterocycles. The summed E-state index contributed by atoms with van der Waals surface area (Å²) in [5.74, 6) is 0.508. The number of aldehydes is 1. The maximum absolute atomic E-state index is 12.7. The van der Waals surface area contributed by atoms with Gasteiger partial charge in [0.25, 0.3) is 0 Å². The van der Waals surface area contributed by atoms with Crippen LogP contribution >= 0.6 is 0 Å². The number of ether oxygens (including phenoxy) is 1. The number of rotatable bonds is 10. The lowest BCUT2D eigenvalue weighted by atomic mass is 9.90. The smallest absolute Gasteiger partial charge is 0.240 e. The quantitative estimate of drug-likeness (QED) is 0.624. The number of carbonyl (C=O) groups excluding carboxylic acids is 2. The summed E-state index contributed by atoms with van der Waals surface area (Å²) in [5.41, 5.74) is 0. The zero-order chi connectivity index (χ0) is 16.6. The minimum absolute atomic E-state index is 0.0470. The molecule has 0 aliphatic carbocycles. The highest BCUT2D eigenvalue weighted by Gasteiger charge is 2.35. The first kappa shape index (κ1) is 20.1. The van der Waals surface area contributed by atoms with Gasteiger partial charge in [-0.05, 0) is 18.9 Å². The lowest BCUT2D eigenvalue weighted by molar-refractivity contribution is -0.140. The van der Waals surface area contributed by atoms with E-state index >= 15 is 0 Å². The highest BCUT2D eigenvalue weighted by atomic mass is 16.5. The number of amides is 1. The molecule has 1 N–H and O–H groups in total. The van der Waals surface area contributed by atoms with Gasteiger partial charge in [-0.1, -0.05) is 34.1 Å². The van der Waals surface area contributed by atoms with E-state index in [1.165, 1.54) is 0 Å². The second kappa shape index (κ2) is 9.90. The van der Waals surface area contributed by atoms with Gasteiger partial charge in [0.05, 0.1) is 18.2 Å². The van der Waals surface area contributed by atoms with Crippen LogP contribution in [0.1, 0.15) is 40.5 Å². The maximum Gasteiger partial charge on any atom is 0.240 e. The number of likely N-dealkylation sites (N-methyl/N-ethyl adjacent to an activating group) is 2. The normalized spacial score (nSPS) is 17.1. The molecule has 0 saturated heterocycles. The van der Waals surface area contributed by atoms with Gasteiger partial charge in [0, 0.05) is 20.6 Å². The van der Waals surface area contributed by atoms with Crippen LogP contribution in [0.2, 0.25) is 0 Å². The van der Waals surface area contributed by atoms with E-state index < -0.39 is 0 Å². The van der Waals surface area contributed by atoms with E-state index in [2.05, 4.69) is 19.2 Å². The largest absolute Gasteiger partial charge is 0.379 e. The van der Waals surface area contributed by atoms with Crippen LogP contribution in [0.3, 0.4) is 0 Å². The number of hydrogen-bond donors (Lipinski definition) is 1. The van der Waals surface area contributed by atoms with Crippen LogP contribution < -0.4 is 5.32 Å². The summed E-state index contributed by atoms with van der Waals surface area (Å²) in [6, 6.07) is -0.331. The van der Waals surface area contributed by atoms with Crippen LogP contribution in [0.25, 0.3) is 0 Å². The van der Waals surface area contributed by atoms with Crippen LogP contribution in [0.5, 0.6) is 0 Å². The molecule has 0 spiro atoms. The van der Waals surface area contributed by atoms with Gasteiger partial charge >= 0.3 is 0 Å². The average molecular weight is 300 g/mol. The Kier molecular flexibility index (Phi) is 9.46. The van der Waals surface area contributed by atoms with E-state index in [9.17, 15) is 9.59 Å². The van der Waals surface area contributed by atoms with Crippen LogP contribution in [-0.2, 0) is 14.3 Å². The lowest BCUT2D eigenvalue weighted by Crippen LogP contribution is -2.55. The van der Waals surface area contributed by atoms with Gasteiger partial charge in [-0.2, -0.15) is 0 Å². The van der Waals surface area contributed by atoms with Crippen molar-refractivity contribution < 1.29 is 14.3 Å². The minimum Gasteiger partial charge on any atom is -0.379 e. The van der Waals surface area contributed by atoms with Crippen molar-refractivity contribution in [3.63, 3.8) is 0 Å². The van der Waals surface area contributed by atoms with Gasteiger partial charge in [0.1, 0.15) is 6.29 Å². The third kappa shape index (κ3) is 5.40. The molecule has 0 aromatic carbocycles. The molecule has 0 radical (unpaired) electrons. The highest BCUT2D eigenvalue weighted by Crippen LogP contribution is 2.22. The zero-order valence-electron chi connectivity index (χ0n) is 14.6. The molecule has 0 aliphatic rings. The zero-order valence-corrected chi connectivity index (χ0v) is 14.6. The molecule has 5 nitrogen and oxygen atoms in total. The van der Waals surface area contributed by atoms with Crippen LogP contribution in [0.15, 0.2) is 0 Å². The third-order valence-electron chi connectivity index (χ3n) is 4.28. The SMILES string of the molecule is CCC(C)C(C(CC=O)OC)N(C)C(=O)C(NC)C(C)C. The molecule has 5 heteroatoms. The van der Waals surface area contributed by atoms with Gasteiger partial charge in [-0.3, -0.25) is 4.79 Å². The van der Waals surface area contributed by atoms with Crippen LogP contribution in [0, 0.1) is 11.8 Å². The summed E-state index contributed by atoms with van der Waals surface area (Å²) >= 11 is 0. The first-order valence-electron chi connectivity index (χ1n) is 7.75. The third-order valence-corrected chi connectivity index (χ3v) is 4.28. The second-order valence-corrected chi connectivity index (χ2v) is 6.01. The molecule has 0 rings (SSSR count). The van der Waals surface area contributed by atoms with Gasteiger partial charge < -0.3 is 19.7 Å². The van der Waals surface area contributed by atoms with E-state index in [4.69, 9.17) is 4.74 Å². The minimum atomic E-state index is -0.268. The average Bonchev–Trinajstić information content (AvgIpc) is 2.46. The first-order valence-corrected chi connectivity index (χ1v) is 7.75. The van der Waals surface area contributed by atoms with Crippen molar-refractivity contribution >= 4 is 12.2 Å². The molecule has 4 unspecified atom stereocenters. The topological polar surface area (TPSA) is 58.6 Å². The van der Waals surface area contributed by atoms with E-state index in [-0.39, 0.29) is 35.9 Å². The highest BCUT2D eigenvalue weighted by molar-refractivity contribution is 5.82. The summed E-state index contributed by atoms with van der Waals surface area (Å²) in [7, 11) is 5.20. The van der Waals surface area contributed by atoms with Crippen molar-refractivity contribution in [2.75, 3.05) is 21.2 Å². The number of hydrogen-bond acceptors (Lipinski definition) is 4. The molecule has 0 heterocycles. The summed E-state index contributed by atoms with van der Waals surface area (Å²) < 4.78 is 5.48. The number of nitrogens with zero attached hydrogens (tertiary/aromatic N) is 1. The fraction of sp³-hybridized carbons (Fsp3) is 0.875. The fourth-order valence-corrected chi connectivity index (χ4v) is 2.82. The molecule has 0 fully saturated rings. The number of carbonyl (C=O) groups is 2. The summed E-state index contributed by atoms with van der Waals surface area (Å²) in [6.45, 7) is 8.21. The molecular formula is C16H32N2O3. The van der Waals surface area contributed by atoms with Crippen LogP contribution in [0.4, 0.5) is 0 Å². The maximum atomic E-state index is 12.7. The lowest BCUT2D eigenvalue weighted by Gasteiger charge is -2.39. The van der Waals surface area contributed by atoms with Gasteiger partial charge in [0.15, 0.2) is 0 Å². The predicted octanol–water partition coefficient (Wildman–Crippen LogP) is 1.71. The Bertz CT molecular complexity index is 321. The Hall–Kier alpha value is -0.940. The number of methoxy groups -OCH3 is 1. The second-order valence-electron chi connectivity index (χ2n) is 6.01. The predicted molar refractivity (Wildman–Crippen MR) is 85.2 cm³/mol. The Balaban J connectivity index is 5.31. The summed E-state index contributed by atoms with van der Waals surface area (Å²) in [5, 5.41) is 3.08. The Morgan fingerprint density at radius 1 is 1.33 bits per heavy atom. The summed E-state index contributed by atoms with van der Waals surface area (Å²) in [6.07, 6.45) is 1.82. The molecule has 124 valence electrons. The summed E-state index contributed by atoms with van der Waals surface area (Å²) in [4.78, 5) is 25.4. The fourth-order valence-electron chi connectivity index (χ4n) is 2.82. The molecule has 0 saturated carbocycles. The molecule has 0 bridgehead atoms. The standard InChI is InChI=1S/C16H32N2O3/c1-8-12(4)15(13(21-7)9-10-19)18(6)16(20)14(17-5)11(2)3/h10-15,17H,8-9H2,1-7H3. The van der Waals surface area contributed by atoms with E-state index in [1.54, 1.807) is 19.1 Å². The molecule has 21 heavy (non-hydrogen) atoms. The Labute approximate surface area is 129 Å². The molecule has 4 atom stereocenters. The Morgan fingerprint density at radius 2 is 1.90 bits per heavy atom. The van der Waals surface area contributed by atoms with Crippen molar-refractivity contribution in [1.82, 2.24) is 10.2 Å². The van der Waals surface area contributed by atoms with Gasteiger partial charge in [0.2, 0.25) is 5.91 Å². The van der Waals surface area contributed by atoms with Crippen LogP contribution in [-0.4, -0.2) is 56.5 Å². The van der Waals surface area contributed by atoms with E-state index in [0.717, 1.165) is 12.7 Å².